The fourth-order valence-electron chi connectivity index (χ4n) is 3.29. The first kappa shape index (κ1) is 21.1. The van der Waals surface area contributed by atoms with E-state index in [0.29, 0.717) is 17.6 Å². The van der Waals surface area contributed by atoms with Crippen LogP contribution in [0.2, 0.25) is 0 Å². The molecule has 6 heteroatoms. The molecule has 26 heavy (non-hydrogen) atoms. The molecule has 0 radical (unpaired) electrons. The number of hydrogen-bond acceptors (Lipinski definition) is 4. The van der Waals surface area contributed by atoms with Crippen molar-refractivity contribution in [3.05, 3.63) is 35.6 Å². The fraction of sp³-hybridized carbons (Fsp3) is 0.550. The molecule has 1 aromatic carbocycles. The van der Waals surface area contributed by atoms with E-state index in [1.807, 2.05) is 43.9 Å². The second kappa shape index (κ2) is 10.2. The van der Waals surface area contributed by atoms with Gasteiger partial charge in [0.2, 0.25) is 0 Å². The molecule has 1 heterocycles. The van der Waals surface area contributed by atoms with Gasteiger partial charge in [-0.25, -0.2) is 0 Å². The maximum Gasteiger partial charge on any atom is 0.287 e. The normalized spacial score (nSPS) is 16.2. The molecule has 0 saturated heterocycles. The molecule has 2 N–H and O–H groups in total. The zero-order valence-corrected chi connectivity index (χ0v) is 17.2. The molecule has 0 aliphatic heterocycles. The van der Waals surface area contributed by atoms with Crippen molar-refractivity contribution < 1.29 is 9.21 Å². The van der Waals surface area contributed by atoms with Crippen LogP contribution in [-0.2, 0) is 5.75 Å². The summed E-state index contributed by atoms with van der Waals surface area (Å²) in [6, 6.07) is 8.19. The number of halogens is 1. The summed E-state index contributed by atoms with van der Waals surface area (Å²) in [6.45, 7) is 2.63. The van der Waals surface area contributed by atoms with Crippen LogP contribution >= 0.6 is 24.2 Å². The van der Waals surface area contributed by atoms with E-state index in [1.165, 1.54) is 32.1 Å². The number of thioether (sulfide) groups is 1. The fourth-order valence-corrected chi connectivity index (χ4v) is 4.64. The Kier molecular flexibility index (Phi) is 8.32. The van der Waals surface area contributed by atoms with Crippen molar-refractivity contribution in [2.45, 2.75) is 56.1 Å². The molecule has 1 amide bonds. The van der Waals surface area contributed by atoms with Crippen molar-refractivity contribution >= 4 is 41.0 Å². The van der Waals surface area contributed by atoms with Gasteiger partial charge >= 0.3 is 0 Å². The Morgan fingerprint density at radius 2 is 2.00 bits per heavy atom. The number of hydrogen-bond donors (Lipinski definition) is 2. The van der Waals surface area contributed by atoms with Gasteiger partial charge in [0.25, 0.3) is 5.91 Å². The highest BCUT2D eigenvalue weighted by atomic mass is 35.5. The molecule has 0 spiro atoms. The summed E-state index contributed by atoms with van der Waals surface area (Å²) < 4.78 is 5.92. The molecular formula is C20H29ClN2O2S. The van der Waals surface area contributed by atoms with Gasteiger partial charge < -0.3 is 15.1 Å². The van der Waals surface area contributed by atoms with Gasteiger partial charge in [0.1, 0.15) is 5.58 Å². The van der Waals surface area contributed by atoms with Crippen molar-refractivity contribution in [2.75, 3.05) is 13.6 Å². The molecule has 1 saturated carbocycles. The van der Waals surface area contributed by atoms with Crippen LogP contribution in [0.3, 0.4) is 0 Å². The van der Waals surface area contributed by atoms with Crippen LogP contribution in [0.1, 0.15) is 55.1 Å². The predicted molar refractivity (Wildman–Crippen MR) is 112 cm³/mol. The second-order valence-corrected chi connectivity index (χ2v) is 8.17. The van der Waals surface area contributed by atoms with Gasteiger partial charge in [-0.05, 0) is 32.9 Å². The van der Waals surface area contributed by atoms with E-state index >= 15 is 0 Å². The number of carbonyl (C=O) groups excluding carboxylic acids is 1. The summed E-state index contributed by atoms with van der Waals surface area (Å²) in [4.78, 5) is 12.7. The minimum Gasteiger partial charge on any atom is -0.451 e. The van der Waals surface area contributed by atoms with E-state index in [4.69, 9.17) is 4.42 Å². The summed E-state index contributed by atoms with van der Waals surface area (Å²) in [5.74, 6) is 1.21. The van der Waals surface area contributed by atoms with E-state index in [0.717, 1.165) is 22.3 Å². The Bertz CT molecular complexity index is 713. The molecule has 1 atom stereocenters. The number of benzene rings is 1. The van der Waals surface area contributed by atoms with Crippen LogP contribution in [0, 0.1) is 0 Å². The van der Waals surface area contributed by atoms with Gasteiger partial charge in [0.15, 0.2) is 5.76 Å². The first-order chi connectivity index (χ1) is 12.2. The van der Waals surface area contributed by atoms with Crippen molar-refractivity contribution in [1.29, 1.82) is 0 Å². The SMILES string of the molecule is CNC(C)CNC(=O)c1oc2ccccc2c1CSC1CCCCC1.Cl. The largest absolute Gasteiger partial charge is 0.451 e. The van der Waals surface area contributed by atoms with E-state index in [2.05, 4.69) is 16.7 Å². The number of rotatable bonds is 7. The van der Waals surface area contributed by atoms with Crippen molar-refractivity contribution in [1.82, 2.24) is 10.6 Å². The highest BCUT2D eigenvalue weighted by Gasteiger charge is 2.22. The third-order valence-electron chi connectivity index (χ3n) is 4.98. The maximum absolute atomic E-state index is 12.7. The number of carbonyl (C=O) groups is 1. The van der Waals surface area contributed by atoms with Crippen molar-refractivity contribution in [3.63, 3.8) is 0 Å². The molecule has 1 aliphatic carbocycles. The minimum absolute atomic E-state index is 0. The van der Waals surface area contributed by atoms with Crippen molar-refractivity contribution in [3.8, 4) is 0 Å². The third kappa shape index (κ3) is 5.18. The van der Waals surface area contributed by atoms with Crippen molar-refractivity contribution in [2.24, 2.45) is 0 Å². The highest BCUT2D eigenvalue weighted by Crippen LogP contribution is 2.34. The second-order valence-electron chi connectivity index (χ2n) is 6.88. The molecule has 1 aromatic heterocycles. The van der Waals surface area contributed by atoms with Crippen LogP contribution in [0.5, 0.6) is 0 Å². The Morgan fingerprint density at radius 1 is 1.27 bits per heavy atom. The number of para-hydroxylation sites is 1. The highest BCUT2D eigenvalue weighted by molar-refractivity contribution is 7.99. The van der Waals surface area contributed by atoms with Gasteiger partial charge in [-0.15, -0.1) is 12.4 Å². The Morgan fingerprint density at radius 3 is 2.73 bits per heavy atom. The lowest BCUT2D eigenvalue weighted by molar-refractivity contribution is 0.0924. The molecule has 0 bridgehead atoms. The summed E-state index contributed by atoms with van der Waals surface area (Å²) in [5, 5.41) is 7.89. The molecule has 4 nitrogen and oxygen atoms in total. The van der Waals surface area contributed by atoms with E-state index < -0.39 is 0 Å². The standard InChI is InChI=1S/C20H28N2O2S.ClH/c1-14(21-2)12-22-20(23)19-17(13-25-15-8-4-3-5-9-15)16-10-6-7-11-18(16)24-19;/h6-7,10-11,14-15,21H,3-5,8-9,12-13H2,1-2H3,(H,22,23);1H. The number of nitrogens with one attached hydrogen (secondary N) is 2. The van der Waals surface area contributed by atoms with Crippen LogP contribution in [0.15, 0.2) is 28.7 Å². The zero-order valence-electron chi connectivity index (χ0n) is 15.5. The van der Waals surface area contributed by atoms with Crippen LogP contribution < -0.4 is 10.6 Å². The smallest absolute Gasteiger partial charge is 0.287 e. The lowest BCUT2D eigenvalue weighted by Gasteiger charge is -2.20. The molecule has 3 rings (SSSR count). The van der Waals surface area contributed by atoms with Crippen LogP contribution in [0.25, 0.3) is 11.0 Å². The molecule has 144 valence electrons. The molecule has 1 aliphatic rings. The minimum atomic E-state index is -0.113. The van der Waals surface area contributed by atoms with Gasteiger partial charge in [-0.1, -0.05) is 37.5 Å². The number of furan rings is 1. The quantitative estimate of drug-likeness (QED) is 0.708. The first-order valence-corrected chi connectivity index (χ1v) is 10.3. The first-order valence-electron chi connectivity index (χ1n) is 9.26. The molecule has 2 aromatic rings. The van der Waals surface area contributed by atoms with E-state index in [-0.39, 0.29) is 24.4 Å². The van der Waals surface area contributed by atoms with Gasteiger partial charge in [0.05, 0.1) is 0 Å². The summed E-state index contributed by atoms with van der Waals surface area (Å²) in [6.07, 6.45) is 6.62. The monoisotopic (exact) mass is 396 g/mol. The van der Waals surface area contributed by atoms with Gasteiger partial charge in [-0.3, -0.25) is 4.79 Å². The molecular weight excluding hydrogens is 368 g/mol. The topological polar surface area (TPSA) is 54.3 Å². The van der Waals surface area contributed by atoms with Crippen LogP contribution in [-0.4, -0.2) is 30.8 Å². The van der Waals surface area contributed by atoms with Crippen LogP contribution in [0.4, 0.5) is 0 Å². The number of likely N-dealkylation sites (N-methyl/N-ethyl adjacent to an activating group) is 1. The average Bonchev–Trinajstić information content (AvgIpc) is 3.03. The third-order valence-corrected chi connectivity index (χ3v) is 6.38. The average molecular weight is 397 g/mol. The van der Waals surface area contributed by atoms with E-state index in [9.17, 15) is 4.79 Å². The Hall–Kier alpha value is -1.17. The van der Waals surface area contributed by atoms with Gasteiger partial charge in [0, 0.05) is 34.5 Å². The lowest BCUT2D eigenvalue weighted by atomic mass is 10.0. The zero-order chi connectivity index (χ0) is 17.6. The Labute approximate surface area is 166 Å². The summed E-state index contributed by atoms with van der Waals surface area (Å²) in [7, 11) is 1.89. The predicted octanol–water partition coefficient (Wildman–Crippen LogP) is 4.76. The van der Waals surface area contributed by atoms with E-state index in [1.54, 1.807) is 0 Å². The molecule has 1 fully saturated rings. The van der Waals surface area contributed by atoms with Gasteiger partial charge in [-0.2, -0.15) is 11.8 Å². The maximum atomic E-state index is 12.7. The number of fused-ring (bicyclic) bond motifs is 1. The number of amides is 1. The Balaban J connectivity index is 0.00000243. The molecule has 1 unspecified atom stereocenters. The summed E-state index contributed by atoms with van der Waals surface area (Å²) in [5.41, 5.74) is 1.84. The lowest BCUT2D eigenvalue weighted by Crippen LogP contribution is -2.37. The summed E-state index contributed by atoms with van der Waals surface area (Å²) >= 11 is 1.98.